The van der Waals surface area contributed by atoms with Gasteiger partial charge >= 0.3 is 10.3 Å². The number of phenolic OH excluding ortho intramolecular Hbond substituents is 1. The minimum absolute atomic E-state index is 0.0566. The van der Waals surface area contributed by atoms with Crippen molar-refractivity contribution in [2.24, 2.45) is 0 Å². The zero-order valence-electron chi connectivity index (χ0n) is 19.9. The van der Waals surface area contributed by atoms with E-state index >= 15 is 0 Å². The van der Waals surface area contributed by atoms with Gasteiger partial charge in [-0.1, -0.05) is 12.1 Å². The number of ether oxygens (including phenoxy) is 3. The highest BCUT2D eigenvalue weighted by molar-refractivity contribution is 7.85. The fourth-order valence-electron chi connectivity index (χ4n) is 2.92. The summed E-state index contributed by atoms with van der Waals surface area (Å²) >= 11 is 0. The Hall–Kier alpha value is -3.37. The number of carbonyl (C=O) groups excluding carboxylic acids is 1. The lowest BCUT2D eigenvalue weighted by molar-refractivity contribution is -0.201. The number of aromatic nitrogens is 4. The van der Waals surface area contributed by atoms with E-state index in [4.69, 9.17) is 24.1 Å². The van der Waals surface area contributed by atoms with Crippen molar-refractivity contribution in [1.82, 2.24) is 24.2 Å². The van der Waals surface area contributed by atoms with Gasteiger partial charge in [-0.25, -0.2) is 19.7 Å². The molecule has 0 radical (unpaired) electrons. The number of imidazole rings is 1. The second-order valence-corrected chi connectivity index (χ2v) is 9.34. The van der Waals surface area contributed by atoms with Crippen LogP contribution in [0.5, 0.6) is 5.75 Å². The lowest BCUT2D eigenvalue weighted by Crippen LogP contribution is -2.35. The van der Waals surface area contributed by atoms with Crippen LogP contribution < -0.4 is 10.5 Å². The van der Waals surface area contributed by atoms with Gasteiger partial charge in [0.05, 0.1) is 31.2 Å². The Kier molecular flexibility index (Phi) is 8.75. The van der Waals surface area contributed by atoms with Crippen LogP contribution in [-0.2, 0) is 35.4 Å². The average Bonchev–Trinajstić information content (AvgIpc) is 3.25. The van der Waals surface area contributed by atoms with E-state index in [1.807, 2.05) is 0 Å². The number of hydrogen-bond donors (Lipinski definition) is 3. The molecule has 36 heavy (non-hydrogen) atoms. The third kappa shape index (κ3) is 7.32. The minimum Gasteiger partial charge on any atom is -0.507 e. The monoisotopic (exact) mass is 524 g/mol. The molecule has 2 heterocycles. The second kappa shape index (κ2) is 11.6. The van der Waals surface area contributed by atoms with Crippen LogP contribution in [0.1, 0.15) is 30.6 Å². The molecule has 0 saturated carbocycles. The number of para-hydroxylation sites is 1. The van der Waals surface area contributed by atoms with Gasteiger partial charge in [-0.05, 0) is 32.4 Å². The number of benzene rings is 1. The van der Waals surface area contributed by atoms with Crippen molar-refractivity contribution in [2.75, 3.05) is 26.1 Å². The summed E-state index contributed by atoms with van der Waals surface area (Å²) in [5.74, 6) is -2.07. The molecule has 14 nitrogen and oxygen atoms in total. The normalized spacial score (nSPS) is 13.1. The second-order valence-electron chi connectivity index (χ2n) is 7.99. The summed E-state index contributed by atoms with van der Waals surface area (Å²) in [6, 6.07) is 5.50. The predicted octanol–water partition coefficient (Wildman–Crippen LogP) is 0.937. The molecule has 0 saturated heterocycles. The van der Waals surface area contributed by atoms with Crippen LogP contribution in [0.3, 0.4) is 0 Å². The fourth-order valence-corrected chi connectivity index (χ4v) is 3.64. The summed E-state index contributed by atoms with van der Waals surface area (Å²) in [5, 5.41) is 9.77. The zero-order chi connectivity index (χ0) is 26.3. The molecule has 0 fully saturated rings. The largest absolute Gasteiger partial charge is 0.507 e. The summed E-state index contributed by atoms with van der Waals surface area (Å²) < 4.78 is 49.7. The quantitative estimate of drug-likeness (QED) is 0.269. The Balaban J connectivity index is 1.65. The van der Waals surface area contributed by atoms with E-state index in [0.29, 0.717) is 11.2 Å². The summed E-state index contributed by atoms with van der Waals surface area (Å²) in [6.45, 7) is 3.10. The molecular weight excluding hydrogens is 496 g/mol. The molecule has 1 amide bonds. The molecule has 0 aliphatic rings. The van der Waals surface area contributed by atoms with Crippen molar-refractivity contribution in [3.63, 3.8) is 0 Å². The molecule has 4 N–H and O–H groups in total. The Morgan fingerprint density at radius 3 is 2.72 bits per heavy atom. The van der Waals surface area contributed by atoms with Gasteiger partial charge in [0.15, 0.2) is 17.3 Å². The maximum Gasteiger partial charge on any atom is 0.362 e. The number of nitrogens with zero attached hydrogens (tertiary/aromatic N) is 4. The van der Waals surface area contributed by atoms with E-state index in [2.05, 4.69) is 15.0 Å². The molecular formula is C21H28N6O8S. The van der Waals surface area contributed by atoms with Gasteiger partial charge in [-0.3, -0.25) is 13.5 Å². The van der Waals surface area contributed by atoms with E-state index in [1.54, 1.807) is 23.1 Å². The molecule has 3 aromatic rings. The first-order valence-electron chi connectivity index (χ1n) is 10.7. The number of rotatable bonds is 13. The summed E-state index contributed by atoms with van der Waals surface area (Å²) in [6.07, 6.45) is 2.18. The van der Waals surface area contributed by atoms with Gasteiger partial charge in [-0.15, -0.1) is 0 Å². The molecule has 1 atom stereocenters. The van der Waals surface area contributed by atoms with E-state index in [-0.39, 0.29) is 36.9 Å². The number of methoxy groups -OCH3 is 1. The number of nitrogens with two attached hydrogens (primary N) is 1. The summed E-state index contributed by atoms with van der Waals surface area (Å²) in [5.41, 5.74) is 6.41. The number of anilines is 1. The van der Waals surface area contributed by atoms with Crippen LogP contribution in [0.4, 0.5) is 5.82 Å². The SMILES string of the molecule is COC(C)(C)OCC[C@@H](COS(=O)(=O)NC(=O)c1ccccc1O)OCn1cnc2c(N)ncnc21. The molecule has 0 unspecified atom stereocenters. The first-order valence-corrected chi connectivity index (χ1v) is 12.1. The first-order chi connectivity index (χ1) is 17.0. The Bertz CT molecular complexity index is 1300. The molecule has 0 spiro atoms. The lowest BCUT2D eigenvalue weighted by Gasteiger charge is -2.25. The van der Waals surface area contributed by atoms with Crippen molar-refractivity contribution in [1.29, 1.82) is 0 Å². The van der Waals surface area contributed by atoms with Gasteiger partial charge < -0.3 is 25.1 Å². The van der Waals surface area contributed by atoms with Gasteiger partial charge in [0.25, 0.3) is 5.91 Å². The van der Waals surface area contributed by atoms with E-state index in [9.17, 15) is 18.3 Å². The lowest BCUT2D eigenvalue weighted by atomic mass is 10.2. The van der Waals surface area contributed by atoms with Crippen LogP contribution in [0.15, 0.2) is 36.9 Å². The summed E-state index contributed by atoms with van der Waals surface area (Å²) in [7, 11) is -3.03. The van der Waals surface area contributed by atoms with Gasteiger partial charge in [0.2, 0.25) is 0 Å². The van der Waals surface area contributed by atoms with Crippen molar-refractivity contribution in [3.8, 4) is 5.75 Å². The number of hydrogen-bond acceptors (Lipinski definition) is 12. The van der Waals surface area contributed by atoms with Crippen LogP contribution in [-0.4, -0.2) is 71.2 Å². The number of nitrogen functional groups attached to an aromatic ring is 1. The molecule has 0 bridgehead atoms. The van der Waals surface area contributed by atoms with Gasteiger partial charge in [0.1, 0.15) is 24.3 Å². The van der Waals surface area contributed by atoms with Crippen molar-refractivity contribution in [3.05, 3.63) is 42.5 Å². The highest BCUT2D eigenvalue weighted by Crippen LogP contribution is 2.17. The zero-order valence-corrected chi connectivity index (χ0v) is 20.8. The maximum atomic E-state index is 12.4. The van der Waals surface area contributed by atoms with Crippen molar-refractivity contribution in [2.45, 2.75) is 38.9 Å². The highest BCUT2D eigenvalue weighted by Gasteiger charge is 2.23. The third-order valence-electron chi connectivity index (χ3n) is 5.04. The number of aromatic hydroxyl groups is 1. The van der Waals surface area contributed by atoms with Crippen LogP contribution in [0, 0.1) is 0 Å². The standard InChI is InChI=1S/C21H28N6O8S/c1-21(2,32-3)34-9-8-14(33-13-27-12-25-17-18(22)23-11-24-19(17)27)10-35-36(30,31)26-20(29)15-6-4-5-7-16(15)28/h4-7,11-12,14,28H,8-10,13H2,1-3H3,(H,26,29)(H2,22,23,24)/t14-/m0/s1. The molecule has 0 aliphatic carbocycles. The molecule has 3 rings (SSSR count). The van der Waals surface area contributed by atoms with E-state index in [1.165, 1.54) is 44.0 Å². The smallest absolute Gasteiger partial charge is 0.362 e. The minimum atomic E-state index is -4.52. The van der Waals surface area contributed by atoms with E-state index in [0.717, 1.165) is 0 Å². The number of fused-ring (bicyclic) bond motifs is 1. The average molecular weight is 525 g/mol. The number of amides is 1. The van der Waals surface area contributed by atoms with Crippen molar-refractivity contribution < 1.29 is 36.7 Å². The highest BCUT2D eigenvalue weighted by atomic mass is 32.2. The van der Waals surface area contributed by atoms with Gasteiger partial charge in [0, 0.05) is 7.11 Å². The molecule has 196 valence electrons. The Labute approximate surface area is 207 Å². The molecule has 0 aliphatic heterocycles. The van der Waals surface area contributed by atoms with Crippen LogP contribution in [0.25, 0.3) is 11.2 Å². The topological polar surface area (TPSA) is 190 Å². The summed E-state index contributed by atoms with van der Waals surface area (Å²) in [4.78, 5) is 24.4. The fraction of sp³-hybridized carbons (Fsp3) is 0.429. The third-order valence-corrected chi connectivity index (χ3v) is 5.92. The number of phenols is 1. The molecule has 1 aromatic carbocycles. The molecule has 15 heteroatoms. The Morgan fingerprint density at radius 2 is 2.00 bits per heavy atom. The molecule has 2 aromatic heterocycles. The predicted molar refractivity (Wildman–Crippen MR) is 127 cm³/mol. The van der Waals surface area contributed by atoms with Crippen LogP contribution >= 0.6 is 0 Å². The van der Waals surface area contributed by atoms with Crippen LogP contribution in [0.2, 0.25) is 0 Å². The van der Waals surface area contributed by atoms with E-state index < -0.39 is 34.7 Å². The number of carbonyl (C=O) groups is 1. The van der Waals surface area contributed by atoms with Crippen molar-refractivity contribution >= 4 is 33.2 Å². The van der Waals surface area contributed by atoms with Gasteiger partial charge in [-0.2, -0.15) is 8.42 Å². The Morgan fingerprint density at radius 1 is 1.25 bits per heavy atom. The first kappa shape index (κ1) is 27.2. The number of nitrogens with one attached hydrogen (secondary N) is 1. The maximum absolute atomic E-state index is 12.4.